The third kappa shape index (κ3) is 2.66. The van der Waals surface area contributed by atoms with Gasteiger partial charge in [-0.3, -0.25) is 9.59 Å². The van der Waals surface area contributed by atoms with Crippen LogP contribution in [0.4, 0.5) is 0 Å². The van der Waals surface area contributed by atoms with Gasteiger partial charge in [-0.1, -0.05) is 0 Å². The van der Waals surface area contributed by atoms with E-state index in [1.165, 1.54) is 0 Å². The molecule has 0 radical (unpaired) electrons. The first-order chi connectivity index (χ1) is 11.6. The summed E-state index contributed by atoms with van der Waals surface area (Å²) in [4.78, 5) is 36.1. The maximum atomic E-state index is 12.8. The molecule has 3 heterocycles. The van der Waals surface area contributed by atoms with E-state index in [-0.39, 0.29) is 11.8 Å². The largest absolute Gasteiger partial charge is 0.342 e. The summed E-state index contributed by atoms with van der Waals surface area (Å²) in [5.41, 5.74) is 2.48. The number of imidazole rings is 1. The maximum Gasteiger partial charge on any atom is 0.253 e. The van der Waals surface area contributed by atoms with Crippen molar-refractivity contribution >= 4 is 22.8 Å². The number of amides is 2. The van der Waals surface area contributed by atoms with E-state index in [0.29, 0.717) is 31.1 Å². The number of hydrogen-bond donors (Lipinski definition) is 1. The number of rotatable bonds is 2. The van der Waals surface area contributed by atoms with Crippen LogP contribution in [0.1, 0.15) is 41.9 Å². The van der Waals surface area contributed by atoms with Crippen molar-refractivity contribution in [1.82, 2.24) is 19.8 Å². The van der Waals surface area contributed by atoms with Crippen LogP contribution < -0.4 is 0 Å². The summed E-state index contributed by atoms with van der Waals surface area (Å²) >= 11 is 0. The number of carbonyl (C=O) groups is 2. The van der Waals surface area contributed by atoms with E-state index < -0.39 is 0 Å². The van der Waals surface area contributed by atoms with Crippen LogP contribution in [0.15, 0.2) is 18.2 Å². The van der Waals surface area contributed by atoms with Crippen LogP contribution in [0, 0.1) is 6.92 Å². The highest BCUT2D eigenvalue weighted by Gasteiger charge is 2.32. The third-order valence-electron chi connectivity index (χ3n) is 5.15. The molecule has 0 unspecified atom stereocenters. The lowest BCUT2D eigenvalue weighted by molar-refractivity contribution is -0.130. The van der Waals surface area contributed by atoms with Crippen LogP contribution in [-0.2, 0) is 4.79 Å². The first kappa shape index (κ1) is 15.2. The van der Waals surface area contributed by atoms with Crippen molar-refractivity contribution in [2.24, 2.45) is 0 Å². The van der Waals surface area contributed by atoms with E-state index in [9.17, 15) is 9.59 Å². The van der Waals surface area contributed by atoms with Crippen LogP contribution >= 0.6 is 0 Å². The van der Waals surface area contributed by atoms with Gasteiger partial charge in [-0.25, -0.2) is 4.98 Å². The Morgan fingerprint density at radius 1 is 1.25 bits per heavy atom. The molecule has 1 aromatic carbocycles. The summed E-state index contributed by atoms with van der Waals surface area (Å²) in [5, 5.41) is 0. The number of carbonyl (C=O) groups excluding carboxylic acids is 2. The van der Waals surface area contributed by atoms with Gasteiger partial charge in [-0.05, 0) is 44.4 Å². The number of fused-ring (bicyclic) bond motifs is 1. The van der Waals surface area contributed by atoms with Gasteiger partial charge in [0.05, 0.1) is 11.0 Å². The predicted molar refractivity (Wildman–Crippen MR) is 90.7 cm³/mol. The van der Waals surface area contributed by atoms with Gasteiger partial charge in [0.1, 0.15) is 5.82 Å². The van der Waals surface area contributed by atoms with Crippen molar-refractivity contribution in [2.45, 2.75) is 38.6 Å². The second kappa shape index (κ2) is 5.92. The molecule has 0 saturated carbocycles. The molecule has 0 aliphatic carbocycles. The van der Waals surface area contributed by atoms with E-state index >= 15 is 0 Å². The highest BCUT2D eigenvalue weighted by atomic mass is 16.2. The minimum atomic E-state index is 0.0651. The van der Waals surface area contributed by atoms with Gasteiger partial charge in [-0.15, -0.1) is 0 Å². The molecule has 2 aliphatic rings. The smallest absolute Gasteiger partial charge is 0.253 e. The molecule has 2 fully saturated rings. The lowest BCUT2D eigenvalue weighted by Crippen LogP contribution is -2.47. The fourth-order valence-corrected chi connectivity index (χ4v) is 3.89. The minimum absolute atomic E-state index is 0.0651. The van der Waals surface area contributed by atoms with E-state index in [1.807, 2.05) is 34.9 Å². The number of aromatic nitrogens is 2. The van der Waals surface area contributed by atoms with Gasteiger partial charge in [0, 0.05) is 37.7 Å². The Morgan fingerprint density at radius 3 is 2.75 bits per heavy atom. The van der Waals surface area contributed by atoms with Crippen molar-refractivity contribution in [2.75, 3.05) is 19.6 Å². The van der Waals surface area contributed by atoms with Gasteiger partial charge in [0.2, 0.25) is 5.91 Å². The maximum absolute atomic E-state index is 12.8. The molecule has 6 nitrogen and oxygen atoms in total. The number of benzene rings is 1. The van der Waals surface area contributed by atoms with Crippen molar-refractivity contribution < 1.29 is 9.59 Å². The summed E-state index contributed by atoms with van der Waals surface area (Å²) in [7, 11) is 0. The summed E-state index contributed by atoms with van der Waals surface area (Å²) in [6, 6.07) is 5.93. The van der Waals surface area contributed by atoms with Crippen LogP contribution in [0.25, 0.3) is 11.0 Å². The Hall–Kier alpha value is -2.37. The number of nitrogens with zero attached hydrogens (tertiary/aromatic N) is 3. The molecule has 2 aliphatic heterocycles. The van der Waals surface area contributed by atoms with E-state index in [2.05, 4.69) is 9.97 Å². The lowest BCUT2D eigenvalue weighted by Gasteiger charge is -2.36. The average molecular weight is 326 g/mol. The Kier molecular flexibility index (Phi) is 3.75. The van der Waals surface area contributed by atoms with Gasteiger partial charge >= 0.3 is 0 Å². The standard InChI is InChI=1S/C18H22N4O2/c1-12-19-15-5-4-13(11-16(15)20-12)18(24)21-9-6-14(7-10-21)22-8-2-3-17(22)23/h4-5,11,14H,2-3,6-10H2,1H3,(H,19,20). The van der Waals surface area contributed by atoms with E-state index in [1.54, 1.807) is 0 Å². The molecule has 0 spiro atoms. The zero-order chi connectivity index (χ0) is 16.7. The van der Waals surface area contributed by atoms with Crippen molar-refractivity contribution in [3.63, 3.8) is 0 Å². The summed E-state index contributed by atoms with van der Waals surface area (Å²) in [6.45, 7) is 4.22. The number of hydrogen-bond acceptors (Lipinski definition) is 3. The SMILES string of the molecule is Cc1nc2ccc(C(=O)N3CCC(N4CCCC4=O)CC3)cc2[nH]1. The van der Waals surface area contributed by atoms with Gasteiger partial charge in [0.25, 0.3) is 5.91 Å². The molecule has 6 heteroatoms. The number of likely N-dealkylation sites (tertiary alicyclic amines) is 2. The van der Waals surface area contributed by atoms with Crippen molar-refractivity contribution in [1.29, 1.82) is 0 Å². The van der Waals surface area contributed by atoms with Crippen LogP contribution in [0.3, 0.4) is 0 Å². The Labute approximate surface area is 140 Å². The van der Waals surface area contributed by atoms with E-state index in [4.69, 9.17) is 0 Å². The number of aryl methyl sites for hydroxylation is 1. The fraction of sp³-hybridized carbons (Fsp3) is 0.500. The Bertz CT molecular complexity index is 789. The molecule has 24 heavy (non-hydrogen) atoms. The normalized spacial score (nSPS) is 19.5. The Morgan fingerprint density at radius 2 is 2.04 bits per heavy atom. The summed E-state index contributed by atoms with van der Waals surface area (Å²) in [6.07, 6.45) is 3.41. The summed E-state index contributed by atoms with van der Waals surface area (Å²) < 4.78 is 0. The van der Waals surface area contributed by atoms with Gasteiger partial charge in [-0.2, -0.15) is 0 Å². The second-order valence-electron chi connectivity index (χ2n) is 6.77. The van der Waals surface area contributed by atoms with Crippen LogP contribution in [0.5, 0.6) is 0 Å². The van der Waals surface area contributed by atoms with Crippen molar-refractivity contribution in [3.05, 3.63) is 29.6 Å². The zero-order valence-corrected chi connectivity index (χ0v) is 13.9. The zero-order valence-electron chi connectivity index (χ0n) is 13.9. The monoisotopic (exact) mass is 326 g/mol. The predicted octanol–water partition coefficient (Wildman–Crippen LogP) is 2.10. The number of H-pyrrole nitrogens is 1. The minimum Gasteiger partial charge on any atom is -0.342 e. The van der Waals surface area contributed by atoms with Gasteiger partial charge < -0.3 is 14.8 Å². The molecule has 2 amide bonds. The first-order valence-corrected chi connectivity index (χ1v) is 8.67. The quantitative estimate of drug-likeness (QED) is 0.919. The van der Waals surface area contributed by atoms with E-state index in [0.717, 1.165) is 42.7 Å². The van der Waals surface area contributed by atoms with Crippen LogP contribution in [0.2, 0.25) is 0 Å². The van der Waals surface area contributed by atoms with Gasteiger partial charge in [0.15, 0.2) is 0 Å². The molecule has 0 bridgehead atoms. The summed E-state index contributed by atoms with van der Waals surface area (Å²) in [5.74, 6) is 1.20. The molecule has 2 saturated heterocycles. The molecule has 4 rings (SSSR count). The lowest BCUT2D eigenvalue weighted by atomic mass is 10.0. The molecule has 1 N–H and O–H groups in total. The highest BCUT2D eigenvalue weighted by molar-refractivity contribution is 5.97. The number of aromatic amines is 1. The fourth-order valence-electron chi connectivity index (χ4n) is 3.89. The molecule has 126 valence electrons. The van der Waals surface area contributed by atoms with Crippen molar-refractivity contribution in [3.8, 4) is 0 Å². The van der Waals surface area contributed by atoms with Crippen LogP contribution in [-0.4, -0.2) is 57.3 Å². The molecule has 1 aromatic heterocycles. The third-order valence-corrected chi connectivity index (χ3v) is 5.15. The average Bonchev–Trinajstić information content (AvgIpc) is 3.18. The highest BCUT2D eigenvalue weighted by Crippen LogP contribution is 2.23. The molecule has 2 aromatic rings. The molecule has 0 atom stereocenters. The molecular weight excluding hydrogens is 304 g/mol. The second-order valence-corrected chi connectivity index (χ2v) is 6.77. The Balaban J connectivity index is 1.44. The first-order valence-electron chi connectivity index (χ1n) is 8.67. The topological polar surface area (TPSA) is 69.3 Å². The number of piperidine rings is 1. The molecular formula is C18H22N4O2. The number of nitrogens with one attached hydrogen (secondary N) is 1.